The lowest BCUT2D eigenvalue weighted by Gasteiger charge is -2.24. The number of benzene rings is 2. The maximum Gasteiger partial charge on any atom is 0.240 e. The molecule has 3 aromatic rings. The second-order valence-electron chi connectivity index (χ2n) is 9.77. The quantitative estimate of drug-likeness (QED) is 0.448. The van der Waals surface area contributed by atoms with Gasteiger partial charge in [0.1, 0.15) is 18.2 Å². The highest BCUT2D eigenvalue weighted by molar-refractivity contribution is 8.00. The van der Waals surface area contributed by atoms with Gasteiger partial charge in [0.05, 0.1) is 22.4 Å². The van der Waals surface area contributed by atoms with Gasteiger partial charge < -0.3 is 5.32 Å². The lowest BCUT2D eigenvalue weighted by molar-refractivity contribution is -0.122. The van der Waals surface area contributed by atoms with Gasteiger partial charge in [-0.2, -0.15) is 5.10 Å². The zero-order valence-electron chi connectivity index (χ0n) is 20.8. The zero-order valence-corrected chi connectivity index (χ0v) is 22.4. The molecule has 0 unspecified atom stereocenters. The van der Waals surface area contributed by atoms with E-state index in [0.717, 1.165) is 17.7 Å². The van der Waals surface area contributed by atoms with Crippen molar-refractivity contribution in [3.63, 3.8) is 0 Å². The molecular weight excluding hydrogens is 499 g/mol. The average Bonchev–Trinajstić information content (AvgIpc) is 3.17. The van der Waals surface area contributed by atoms with E-state index in [0.29, 0.717) is 28.6 Å². The van der Waals surface area contributed by atoms with Gasteiger partial charge in [-0.05, 0) is 30.7 Å². The van der Waals surface area contributed by atoms with Crippen molar-refractivity contribution < 1.29 is 14.0 Å². The standard InChI is InChI=1S/C27H30ClFN4O2S/c1-5-13-30-21(34)15-32-22(35)16-36-24(19-11-6-7-12-20(19)29)23-25(27(2,3)4)31-33(26(23)32)18-10-8-9-17(28)14-18/h6-12,14,24H,5,13,15-16H2,1-4H3,(H,30,34)/t24-/m1/s1. The van der Waals surface area contributed by atoms with E-state index in [1.807, 2.05) is 39.8 Å². The van der Waals surface area contributed by atoms with Crippen LogP contribution >= 0.6 is 23.4 Å². The molecule has 9 heteroatoms. The number of amides is 2. The van der Waals surface area contributed by atoms with Crippen molar-refractivity contribution in [1.82, 2.24) is 15.1 Å². The summed E-state index contributed by atoms with van der Waals surface area (Å²) in [6.45, 7) is 8.42. The van der Waals surface area contributed by atoms with E-state index in [9.17, 15) is 9.59 Å². The van der Waals surface area contributed by atoms with Gasteiger partial charge in [0.2, 0.25) is 11.8 Å². The Balaban J connectivity index is 2.02. The van der Waals surface area contributed by atoms with Crippen LogP contribution in [0.2, 0.25) is 5.02 Å². The largest absolute Gasteiger partial charge is 0.355 e. The van der Waals surface area contributed by atoms with E-state index in [1.54, 1.807) is 35.0 Å². The molecule has 0 saturated heterocycles. The van der Waals surface area contributed by atoms with Crippen molar-refractivity contribution in [2.24, 2.45) is 0 Å². The van der Waals surface area contributed by atoms with E-state index < -0.39 is 10.7 Å². The third-order valence-electron chi connectivity index (χ3n) is 5.91. The van der Waals surface area contributed by atoms with Crippen molar-refractivity contribution in [1.29, 1.82) is 0 Å². The Morgan fingerprint density at radius 1 is 1.22 bits per heavy atom. The lowest BCUT2D eigenvalue weighted by atomic mass is 9.87. The Labute approximate surface area is 220 Å². The molecule has 0 radical (unpaired) electrons. The van der Waals surface area contributed by atoms with Gasteiger partial charge in [-0.25, -0.2) is 9.07 Å². The Kier molecular flexibility index (Phi) is 7.76. The van der Waals surface area contributed by atoms with E-state index in [2.05, 4.69) is 5.32 Å². The Hall–Kier alpha value is -2.84. The van der Waals surface area contributed by atoms with Crippen LogP contribution in [0, 0.1) is 5.82 Å². The molecule has 36 heavy (non-hydrogen) atoms. The minimum Gasteiger partial charge on any atom is -0.355 e. The third kappa shape index (κ3) is 5.30. The molecule has 2 heterocycles. The van der Waals surface area contributed by atoms with Crippen molar-refractivity contribution in [2.45, 2.75) is 44.8 Å². The summed E-state index contributed by atoms with van der Waals surface area (Å²) >= 11 is 7.67. The first-order valence-corrected chi connectivity index (χ1v) is 13.4. The summed E-state index contributed by atoms with van der Waals surface area (Å²) in [5, 5.41) is 7.86. The Morgan fingerprint density at radius 3 is 2.64 bits per heavy atom. The summed E-state index contributed by atoms with van der Waals surface area (Å²) in [6.07, 6.45) is 0.783. The van der Waals surface area contributed by atoms with Crippen LogP contribution in [0.3, 0.4) is 0 Å². The molecule has 2 aromatic carbocycles. The number of carbonyl (C=O) groups is 2. The van der Waals surface area contributed by atoms with E-state index in [4.69, 9.17) is 16.7 Å². The Bertz CT molecular complexity index is 1290. The average molecular weight is 529 g/mol. The van der Waals surface area contributed by atoms with Crippen molar-refractivity contribution in [3.8, 4) is 5.69 Å². The number of fused-ring (bicyclic) bond motifs is 1. The van der Waals surface area contributed by atoms with Crippen LogP contribution in [0.25, 0.3) is 5.69 Å². The molecule has 0 fully saturated rings. The van der Waals surface area contributed by atoms with Gasteiger partial charge in [-0.1, -0.05) is 63.6 Å². The van der Waals surface area contributed by atoms with Crippen LogP contribution in [-0.2, 0) is 15.0 Å². The number of nitrogens with zero attached hydrogens (tertiary/aromatic N) is 3. The SMILES string of the molecule is CCCNC(=O)CN1C(=O)CS[C@H](c2ccccc2F)c2c(C(C)(C)C)nn(-c3cccc(Cl)c3)c21. The number of aromatic nitrogens is 2. The third-order valence-corrected chi connectivity index (χ3v) is 7.39. The van der Waals surface area contributed by atoms with Crippen LogP contribution in [0.15, 0.2) is 48.5 Å². The van der Waals surface area contributed by atoms with Crippen LogP contribution in [0.5, 0.6) is 0 Å². The normalized spacial score (nSPS) is 16.0. The van der Waals surface area contributed by atoms with E-state index in [1.165, 1.54) is 22.7 Å². The highest BCUT2D eigenvalue weighted by atomic mass is 35.5. The molecule has 1 aliphatic rings. The summed E-state index contributed by atoms with van der Waals surface area (Å²) in [6, 6.07) is 13.8. The van der Waals surface area contributed by atoms with Crippen molar-refractivity contribution in [2.75, 3.05) is 23.7 Å². The summed E-state index contributed by atoms with van der Waals surface area (Å²) in [5.41, 5.74) is 2.16. The number of rotatable bonds is 6. The number of thioether (sulfide) groups is 1. The fourth-order valence-electron chi connectivity index (χ4n) is 4.26. The number of anilines is 1. The van der Waals surface area contributed by atoms with Crippen LogP contribution in [0.1, 0.15) is 56.2 Å². The van der Waals surface area contributed by atoms with Crippen LogP contribution in [0.4, 0.5) is 10.2 Å². The minimum absolute atomic E-state index is 0.0911. The summed E-state index contributed by atoms with van der Waals surface area (Å²) in [5.74, 6) is -0.291. The smallest absolute Gasteiger partial charge is 0.240 e. The molecular formula is C27H30ClFN4O2S. The van der Waals surface area contributed by atoms with Gasteiger partial charge in [0, 0.05) is 28.1 Å². The zero-order chi connectivity index (χ0) is 26.0. The molecule has 0 spiro atoms. The number of carbonyl (C=O) groups excluding carboxylic acids is 2. The van der Waals surface area contributed by atoms with Gasteiger partial charge >= 0.3 is 0 Å². The number of hydrogen-bond acceptors (Lipinski definition) is 4. The van der Waals surface area contributed by atoms with Crippen molar-refractivity contribution in [3.05, 3.63) is 76.2 Å². The summed E-state index contributed by atoms with van der Waals surface area (Å²) in [7, 11) is 0. The first-order valence-electron chi connectivity index (χ1n) is 11.9. The second-order valence-corrected chi connectivity index (χ2v) is 11.3. The first kappa shape index (κ1) is 26.2. The summed E-state index contributed by atoms with van der Waals surface area (Å²) < 4.78 is 16.8. The highest BCUT2D eigenvalue weighted by Crippen LogP contribution is 2.48. The molecule has 190 valence electrons. The predicted octanol–water partition coefficient (Wildman–Crippen LogP) is 5.66. The van der Waals surface area contributed by atoms with Gasteiger partial charge in [-0.3, -0.25) is 14.5 Å². The van der Waals surface area contributed by atoms with Crippen LogP contribution < -0.4 is 10.2 Å². The Morgan fingerprint density at radius 2 is 1.97 bits per heavy atom. The molecule has 1 atom stereocenters. The number of hydrogen-bond donors (Lipinski definition) is 1. The van der Waals surface area contributed by atoms with E-state index in [-0.39, 0.29) is 29.9 Å². The lowest BCUT2D eigenvalue weighted by Crippen LogP contribution is -2.42. The number of nitrogens with one attached hydrogen (secondary N) is 1. The fourth-order valence-corrected chi connectivity index (χ4v) is 5.66. The molecule has 1 aromatic heterocycles. The maximum atomic E-state index is 15.1. The monoisotopic (exact) mass is 528 g/mol. The van der Waals surface area contributed by atoms with Gasteiger partial charge in [0.15, 0.2) is 0 Å². The van der Waals surface area contributed by atoms with Gasteiger partial charge in [-0.15, -0.1) is 11.8 Å². The first-order chi connectivity index (χ1) is 17.1. The molecule has 0 aliphatic carbocycles. The molecule has 2 amide bonds. The molecule has 4 rings (SSSR count). The molecule has 0 bridgehead atoms. The predicted molar refractivity (Wildman–Crippen MR) is 144 cm³/mol. The highest BCUT2D eigenvalue weighted by Gasteiger charge is 2.40. The fraction of sp³-hybridized carbons (Fsp3) is 0.370. The molecule has 1 aliphatic heterocycles. The second kappa shape index (κ2) is 10.6. The molecule has 6 nitrogen and oxygen atoms in total. The van der Waals surface area contributed by atoms with Gasteiger partial charge in [0.25, 0.3) is 0 Å². The molecule has 1 N–H and O–H groups in total. The van der Waals surface area contributed by atoms with Crippen molar-refractivity contribution >= 4 is 41.0 Å². The number of halogens is 2. The van der Waals surface area contributed by atoms with E-state index >= 15 is 4.39 Å². The maximum absolute atomic E-state index is 15.1. The van der Waals surface area contributed by atoms with Crippen LogP contribution in [-0.4, -0.2) is 40.4 Å². The summed E-state index contributed by atoms with van der Waals surface area (Å²) in [4.78, 5) is 27.8. The minimum atomic E-state index is -0.490. The topological polar surface area (TPSA) is 67.2 Å². The molecule has 0 saturated carbocycles.